The van der Waals surface area contributed by atoms with Crippen LogP contribution in [0, 0.1) is 5.82 Å². The summed E-state index contributed by atoms with van der Waals surface area (Å²) in [5.74, 6) is -0.0624. The number of halogens is 1. The summed E-state index contributed by atoms with van der Waals surface area (Å²) in [6, 6.07) is 16.6. The number of rotatable bonds is 9. The lowest BCUT2D eigenvalue weighted by molar-refractivity contribution is 0.604. The first-order valence-electron chi connectivity index (χ1n) is 11.2. The second-order valence-electron chi connectivity index (χ2n) is 7.76. The van der Waals surface area contributed by atoms with Gasteiger partial charge in [0.05, 0.1) is 23.8 Å². The molecule has 0 radical (unpaired) electrons. The predicted molar refractivity (Wildman–Crippen MR) is 134 cm³/mol. The summed E-state index contributed by atoms with van der Waals surface area (Å²) in [5, 5.41) is 15.3. The highest BCUT2D eigenvalue weighted by Crippen LogP contribution is 2.40. The topological polar surface area (TPSA) is 80.5 Å². The van der Waals surface area contributed by atoms with E-state index in [0.29, 0.717) is 24.7 Å². The number of hydrogen-bond acceptors (Lipinski definition) is 7. The summed E-state index contributed by atoms with van der Waals surface area (Å²) < 4.78 is 17.6. The summed E-state index contributed by atoms with van der Waals surface area (Å²) in [4.78, 5) is 9.34. The first-order chi connectivity index (χ1) is 16.7. The molecule has 34 heavy (non-hydrogen) atoms. The summed E-state index contributed by atoms with van der Waals surface area (Å²) in [6.45, 7) is 4.96. The van der Waals surface area contributed by atoms with E-state index in [-0.39, 0.29) is 0 Å². The first-order valence-corrected chi connectivity index (χ1v) is 12.0. The number of hydrogen-bond donors (Lipinski definition) is 2. The molecular weight excluding hydrogens is 449 g/mol. The van der Waals surface area contributed by atoms with Crippen LogP contribution in [0.4, 0.5) is 10.3 Å². The van der Waals surface area contributed by atoms with Crippen LogP contribution in [-0.4, -0.2) is 38.1 Å². The Kier molecular flexibility index (Phi) is 6.55. The third kappa shape index (κ3) is 4.66. The molecule has 2 N–H and O–H groups in total. The molecule has 0 saturated heterocycles. The van der Waals surface area contributed by atoms with Crippen molar-refractivity contribution < 1.29 is 4.39 Å². The third-order valence-electron chi connectivity index (χ3n) is 5.49. The fraction of sp³-hybridized carbons (Fsp3) is 0.200. The van der Waals surface area contributed by atoms with Gasteiger partial charge in [0.25, 0.3) is 0 Å². The Hall–Kier alpha value is -3.69. The van der Waals surface area contributed by atoms with Gasteiger partial charge >= 0.3 is 0 Å². The van der Waals surface area contributed by atoms with Gasteiger partial charge in [0.2, 0.25) is 5.95 Å². The molecule has 0 aliphatic carbocycles. The van der Waals surface area contributed by atoms with Gasteiger partial charge in [0, 0.05) is 24.0 Å². The second kappa shape index (κ2) is 10.1. The molecule has 0 amide bonds. The lowest BCUT2D eigenvalue weighted by Crippen LogP contribution is -2.13. The quantitative estimate of drug-likeness (QED) is 0.314. The van der Waals surface area contributed by atoms with Crippen LogP contribution in [0.3, 0.4) is 0 Å². The van der Waals surface area contributed by atoms with E-state index in [2.05, 4.69) is 74.2 Å². The van der Waals surface area contributed by atoms with Gasteiger partial charge in [0.15, 0.2) is 5.82 Å². The summed E-state index contributed by atoms with van der Waals surface area (Å²) in [6.07, 6.45) is 4.63. The van der Waals surface area contributed by atoms with Crippen molar-refractivity contribution in [3.8, 4) is 21.7 Å². The maximum atomic E-state index is 14.8. The van der Waals surface area contributed by atoms with E-state index >= 15 is 0 Å². The van der Waals surface area contributed by atoms with Crippen molar-refractivity contribution in [1.82, 2.24) is 30.3 Å². The zero-order valence-electron chi connectivity index (χ0n) is 18.7. The minimum absolute atomic E-state index is 0.298. The molecule has 7 nitrogen and oxygen atoms in total. The molecule has 3 aromatic heterocycles. The monoisotopic (exact) mass is 473 g/mol. The molecule has 0 fully saturated rings. The van der Waals surface area contributed by atoms with E-state index in [1.165, 1.54) is 17.3 Å². The van der Waals surface area contributed by atoms with Crippen molar-refractivity contribution in [2.75, 3.05) is 18.4 Å². The average molecular weight is 474 g/mol. The minimum Gasteiger partial charge on any atom is -0.352 e. The Balaban J connectivity index is 1.47. The van der Waals surface area contributed by atoms with E-state index in [1.807, 2.05) is 12.1 Å². The Morgan fingerprint density at radius 1 is 1.09 bits per heavy atom. The SMILES string of the molecule is CCNCc1ccccc1-c1cccc2cc(-c3nc(NCCn4ccnn4)ncc3F)sc12. The first kappa shape index (κ1) is 22.1. The van der Waals surface area contributed by atoms with Gasteiger partial charge in [-0.25, -0.2) is 14.4 Å². The molecule has 5 aromatic rings. The maximum absolute atomic E-state index is 14.8. The molecule has 9 heteroatoms. The van der Waals surface area contributed by atoms with Crippen LogP contribution < -0.4 is 10.6 Å². The number of aromatic nitrogens is 5. The van der Waals surface area contributed by atoms with Crippen molar-refractivity contribution in [2.24, 2.45) is 0 Å². The van der Waals surface area contributed by atoms with Crippen LogP contribution in [0.25, 0.3) is 31.8 Å². The highest BCUT2D eigenvalue weighted by Gasteiger charge is 2.16. The zero-order chi connectivity index (χ0) is 23.3. The van der Waals surface area contributed by atoms with Crippen LogP contribution in [-0.2, 0) is 13.1 Å². The average Bonchev–Trinajstić information content (AvgIpc) is 3.54. The van der Waals surface area contributed by atoms with Crippen LogP contribution in [0.15, 0.2) is 67.1 Å². The van der Waals surface area contributed by atoms with Gasteiger partial charge in [-0.15, -0.1) is 16.4 Å². The molecule has 0 aliphatic heterocycles. The molecule has 172 valence electrons. The van der Waals surface area contributed by atoms with Gasteiger partial charge in [-0.2, -0.15) is 0 Å². The standard InChI is InChI=1S/C25H24FN7S/c1-2-27-15-18-6-3-4-8-19(18)20-9-5-7-17-14-22(34-24(17)20)23-21(26)16-29-25(31-23)28-10-12-33-13-11-30-32-33/h3-9,11,13-14,16,27H,2,10,12,15H2,1H3,(H,28,29,31). The Bertz CT molecular complexity index is 1400. The van der Waals surface area contributed by atoms with Crippen molar-refractivity contribution in [3.05, 3.63) is 78.5 Å². The fourth-order valence-electron chi connectivity index (χ4n) is 3.85. The van der Waals surface area contributed by atoms with Crippen molar-refractivity contribution >= 4 is 27.4 Å². The van der Waals surface area contributed by atoms with Gasteiger partial charge in [-0.3, -0.25) is 4.68 Å². The fourth-order valence-corrected chi connectivity index (χ4v) is 5.03. The van der Waals surface area contributed by atoms with Gasteiger partial charge < -0.3 is 10.6 Å². The molecule has 0 saturated carbocycles. The number of thiophene rings is 1. The van der Waals surface area contributed by atoms with E-state index in [4.69, 9.17) is 0 Å². The molecule has 0 spiro atoms. The number of nitrogens with one attached hydrogen (secondary N) is 2. The van der Waals surface area contributed by atoms with E-state index in [9.17, 15) is 4.39 Å². The Morgan fingerprint density at radius 3 is 2.82 bits per heavy atom. The Morgan fingerprint density at radius 2 is 1.97 bits per heavy atom. The number of nitrogens with zero attached hydrogens (tertiary/aromatic N) is 5. The maximum Gasteiger partial charge on any atom is 0.223 e. The van der Waals surface area contributed by atoms with Crippen molar-refractivity contribution in [1.29, 1.82) is 0 Å². The van der Waals surface area contributed by atoms with Crippen LogP contribution in [0.2, 0.25) is 0 Å². The molecular formula is C25H24FN7S. The van der Waals surface area contributed by atoms with Crippen LogP contribution in [0.1, 0.15) is 12.5 Å². The number of benzene rings is 2. The van der Waals surface area contributed by atoms with Gasteiger partial charge in [0.1, 0.15) is 5.69 Å². The largest absolute Gasteiger partial charge is 0.352 e. The van der Waals surface area contributed by atoms with E-state index in [1.54, 1.807) is 28.4 Å². The van der Waals surface area contributed by atoms with Gasteiger partial charge in [-0.1, -0.05) is 54.6 Å². The smallest absolute Gasteiger partial charge is 0.223 e. The van der Waals surface area contributed by atoms with Gasteiger partial charge in [-0.05, 0) is 34.7 Å². The number of anilines is 1. The molecule has 0 aliphatic rings. The van der Waals surface area contributed by atoms with E-state index in [0.717, 1.165) is 33.6 Å². The molecule has 0 unspecified atom stereocenters. The second-order valence-corrected chi connectivity index (χ2v) is 8.81. The Labute approximate surface area is 200 Å². The lowest BCUT2D eigenvalue weighted by atomic mass is 9.98. The molecule has 0 atom stereocenters. The summed E-state index contributed by atoms with van der Waals surface area (Å²) in [7, 11) is 0. The summed E-state index contributed by atoms with van der Waals surface area (Å²) >= 11 is 1.55. The van der Waals surface area contributed by atoms with Crippen LogP contribution in [0.5, 0.6) is 0 Å². The number of fused-ring (bicyclic) bond motifs is 1. The van der Waals surface area contributed by atoms with Crippen LogP contribution >= 0.6 is 11.3 Å². The minimum atomic E-state index is -0.442. The third-order valence-corrected chi connectivity index (χ3v) is 6.68. The predicted octanol–water partition coefficient (Wildman–Crippen LogP) is 4.98. The van der Waals surface area contributed by atoms with Crippen molar-refractivity contribution in [2.45, 2.75) is 20.0 Å². The van der Waals surface area contributed by atoms with E-state index < -0.39 is 5.82 Å². The van der Waals surface area contributed by atoms with Crippen molar-refractivity contribution in [3.63, 3.8) is 0 Å². The molecule has 0 bridgehead atoms. The summed E-state index contributed by atoms with van der Waals surface area (Å²) in [5.41, 5.74) is 3.86. The normalized spacial score (nSPS) is 11.2. The lowest BCUT2D eigenvalue weighted by Gasteiger charge is -2.11. The molecule has 3 heterocycles. The highest BCUT2D eigenvalue weighted by atomic mass is 32.1. The molecule has 2 aromatic carbocycles. The highest BCUT2D eigenvalue weighted by molar-refractivity contribution is 7.22. The molecule has 5 rings (SSSR count). The zero-order valence-corrected chi connectivity index (χ0v) is 19.5.